The number of carbonyl (C=O) groups excluding carboxylic acids is 2. The largest absolute Gasteiger partial charge is 0.472 e. The van der Waals surface area contributed by atoms with Gasteiger partial charge in [0.15, 0.2) is 6.10 Å². The van der Waals surface area contributed by atoms with Crippen LogP contribution in [0.15, 0.2) is 65.2 Å². The Bertz CT molecular complexity index is 1590. The first kappa shape index (κ1) is 55.1. The average Bonchev–Trinajstić information content (AvgIpc) is 3.92. The average molecular weight is 889 g/mol. The van der Waals surface area contributed by atoms with Crippen LogP contribution >= 0.6 is 7.82 Å². The van der Waals surface area contributed by atoms with E-state index in [9.17, 15) is 19.0 Å². The Morgan fingerprint density at radius 3 is 1.84 bits per heavy atom. The number of nitrogens with zero attached hydrogens (tertiary/aromatic N) is 1. The van der Waals surface area contributed by atoms with Crippen LogP contribution in [0.1, 0.15) is 152 Å². The molecule has 352 valence electrons. The lowest BCUT2D eigenvalue weighted by Crippen LogP contribution is -2.37. The second kappa shape index (κ2) is 32.6. The first-order valence-electron chi connectivity index (χ1n) is 23.5. The summed E-state index contributed by atoms with van der Waals surface area (Å²) in [5.41, 5.74) is 2.59. The number of likely N-dealkylation sites (N-methyl/N-ethyl adjacent to an activating group) is 1. The number of allylic oxidation sites excluding steroid dienone is 8. The minimum atomic E-state index is -4.42. The fourth-order valence-corrected chi connectivity index (χ4v) is 7.35. The van der Waals surface area contributed by atoms with Gasteiger partial charge < -0.3 is 28.0 Å². The number of ether oxygens (including phenoxy) is 3. The SMILES string of the molecule is CC/C=C\CC1OC1C/C=C\C/C=C\C/C=C\C/C=C\CCC(=O)OC[C@H](COP(=O)(O)OCC[N+](C)(C)C)OC(=O)CCCCCCCCc1oc(CCCCC)c(C)c1C. The molecule has 0 aromatic carbocycles. The normalized spacial score (nSPS) is 17.3. The van der Waals surface area contributed by atoms with Crippen LogP contribution in [-0.4, -0.2) is 87.1 Å². The Morgan fingerprint density at radius 1 is 0.694 bits per heavy atom. The van der Waals surface area contributed by atoms with Gasteiger partial charge in [-0.2, -0.15) is 0 Å². The van der Waals surface area contributed by atoms with Gasteiger partial charge in [-0.05, 0) is 89.2 Å². The molecule has 1 aliphatic heterocycles. The Balaban J connectivity index is 1.66. The summed E-state index contributed by atoms with van der Waals surface area (Å²) in [6, 6.07) is 0. The van der Waals surface area contributed by atoms with E-state index in [-0.39, 0.29) is 26.1 Å². The lowest BCUT2D eigenvalue weighted by Gasteiger charge is -2.24. The molecule has 11 nitrogen and oxygen atoms in total. The summed E-state index contributed by atoms with van der Waals surface area (Å²) in [5.74, 6) is 1.33. The fraction of sp³-hybridized carbons (Fsp3) is 0.680. The number of rotatable bonds is 37. The van der Waals surface area contributed by atoms with Gasteiger partial charge in [0.25, 0.3) is 0 Å². The molecule has 0 bridgehead atoms. The van der Waals surface area contributed by atoms with Gasteiger partial charge in [-0.15, -0.1) is 0 Å². The monoisotopic (exact) mass is 889 g/mol. The van der Waals surface area contributed by atoms with Gasteiger partial charge >= 0.3 is 19.8 Å². The number of hydrogen-bond donors (Lipinski definition) is 1. The van der Waals surface area contributed by atoms with E-state index >= 15 is 0 Å². The van der Waals surface area contributed by atoms with Crippen molar-refractivity contribution < 1.29 is 51.2 Å². The summed E-state index contributed by atoms with van der Waals surface area (Å²) < 4.78 is 46.3. The van der Waals surface area contributed by atoms with Crippen molar-refractivity contribution in [1.82, 2.24) is 0 Å². The molecule has 1 fully saturated rings. The number of esters is 2. The van der Waals surface area contributed by atoms with Gasteiger partial charge in [-0.25, -0.2) is 4.57 Å². The van der Waals surface area contributed by atoms with Crippen molar-refractivity contribution in [3.8, 4) is 0 Å². The first-order chi connectivity index (χ1) is 29.7. The number of carbonyl (C=O) groups is 2. The van der Waals surface area contributed by atoms with Gasteiger partial charge in [0.1, 0.15) is 31.3 Å². The predicted molar refractivity (Wildman–Crippen MR) is 250 cm³/mol. The molecule has 0 saturated carbocycles. The zero-order valence-electron chi connectivity index (χ0n) is 39.5. The summed E-state index contributed by atoms with van der Waals surface area (Å²) in [6.07, 6.45) is 38.7. The molecule has 62 heavy (non-hydrogen) atoms. The molecule has 1 N–H and O–H groups in total. The number of phosphoric acid groups is 1. The number of hydrogen-bond acceptors (Lipinski definition) is 9. The second-order valence-corrected chi connectivity index (χ2v) is 18.8. The quantitative estimate of drug-likeness (QED) is 0.0172. The molecule has 1 aromatic rings. The van der Waals surface area contributed by atoms with Crippen LogP contribution in [0.25, 0.3) is 0 Å². The molecule has 2 rings (SSSR count). The molecular weight excluding hydrogens is 806 g/mol. The van der Waals surface area contributed by atoms with Crippen molar-refractivity contribution >= 4 is 19.8 Å². The Hall–Kier alpha value is -3.05. The summed E-state index contributed by atoms with van der Waals surface area (Å²) in [6.45, 7) is 8.44. The van der Waals surface area contributed by atoms with E-state index in [2.05, 4.69) is 76.3 Å². The van der Waals surface area contributed by atoms with Crippen molar-refractivity contribution in [2.75, 3.05) is 47.5 Å². The molecule has 0 radical (unpaired) electrons. The number of aryl methyl sites for hydroxylation is 2. The van der Waals surface area contributed by atoms with E-state index in [1.807, 2.05) is 33.3 Å². The molecule has 0 spiro atoms. The first-order valence-corrected chi connectivity index (χ1v) is 25.0. The van der Waals surface area contributed by atoms with E-state index in [0.717, 1.165) is 95.0 Å². The van der Waals surface area contributed by atoms with E-state index in [0.29, 0.717) is 36.1 Å². The van der Waals surface area contributed by atoms with Gasteiger partial charge in [0, 0.05) is 25.7 Å². The van der Waals surface area contributed by atoms with Crippen LogP contribution in [0.2, 0.25) is 0 Å². The number of epoxide rings is 1. The summed E-state index contributed by atoms with van der Waals surface area (Å²) >= 11 is 0. The number of furan rings is 1. The van der Waals surface area contributed by atoms with Crippen molar-refractivity contribution in [2.45, 2.75) is 174 Å². The Kier molecular flexibility index (Phi) is 28.9. The number of unbranched alkanes of at least 4 members (excludes halogenated alkanes) is 7. The molecule has 1 aromatic heterocycles. The molecule has 1 saturated heterocycles. The summed E-state index contributed by atoms with van der Waals surface area (Å²) in [7, 11) is 1.39. The van der Waals surface area contributed by atoms with Crippen molar-refractivity contribution in [1.29, 1.82) is 0 Å². The zero-order chi connectivity index (χ0) is 45.5. The summed E-state index contributed by atoms with van der Waals surface area (Å²) in [4.78, 5) is 35.6. The van der Waals surface area contributed by atoms with Crippen LogP contribution in [0.3, 0.4) is 0 Å². The second-order valence-electron chi connectivity index (χ2n) is 17.4. The highest BCUT2D eigenvalue weighted by atomic mass is 31.2. The van der Waals surface area contributed by atoms with Gasteiger partial charge in [-0.3, -0.25) is 18.6 Å². The highest BCUT2D eigenvalue weighted by Crippen LogP contribution is 2.43. The third kappa shape index (κ3) is 27.9. The van der Waals surface area contributed by atoms with E-state index in [1.165, 1.54) is 30.4 Å². The van der Waals surface area contributed by atoms with Gasteiger partial charge in [0.05, 0.1) is 40.0 Å². The van der Waals surface area contributed by atoms with Crippen LogP contribution < -0.4 is 0 Å². The van der Waals surface area contributed by atoms with E-state index in [4.69, 9.17) is 27.7 Å². The summed E-state index contributed by atoms with van der Waals surface area (Å²) in [5, 5.41) is 0. The molecule has 0 amide bonds. The lowest BCUT2D eigenvalue weighted by molar-refractivity contribution is -0.870. The zero-order valence-corrected chi connectivity index (χ0v) is 40.4. The molecule has 4 atom stereocenters. The maximum atomic E-state index is 12.8. The number of phosphoric ester groups is 1. The Labute approximate surface area is 375 Å². The highest BCUT2D eigenvalue weighted by molar-refractivity contribution is 7.47. The minimum absolute atomic E-state index is 0.00650. The maximum Gasteiger partial charge on any atom is 0.472 e. The third-order valence-corrected chi connectivity index (χ3v) is 11.7. The van der Waals surface area contributed by atoms with Crippen LogP contribution in [0, 0.1) is 13.8 Å². The predicted octanol–water partition coefficient (Wildman–Crippen LogP) is 11.9. The number of quaternary nitrogens is 1. The van der Waals surface area contributed by atoms with E-state index < -0.39 is 32.5 Å². The molecule has 3 unspecified atom stereocenters. The van der Waals surface area contributed by atoms with E-state index in [1.54, 1.807) is 0 Å². The maximum absolute atomic E-state index is 12.8. The van der Waals surface area contributed by atoms with Crippen molar-refractivity contribution in [2.24, 2.45) is 0 Å². The third-order valence-electron chi connectivity index (χ3n) is 10.7. The molecular formula is C50H83NO10P+. The lowest BCUT2D eigenvalue weighted by atomic mass is 10.0. The molecule has 0 aliphatic carbocycles. The topological polar surface area (TPSA) is 134 Å². The molecule has 1 aliphatic rings. The molecule has 12 heteroatoms. The minimum Gasteiger partial charge on any atom is -0.466 e. The Morgan fingerprint density at radius 2 is 1.24 bits per heavy atom. The smallest absolute Gasteiger partial charge is 0.466 e. The van der Waals surface area contributed by atoms with Crippen molar-refractivity contribution in [3.63, 3.8) is 0 Å². The fourth-order valence-electron chi connectivity index (χ4n) is 6.61. The van der Waals surface area contributed by atoms with Crippen LogP contribution in [0.4, 0.5) is 0 Å². The van der Waals surface area contributed by atoms with Gasteiger partial charge in [-0.1, -0.05) is 113 Å². The highest BCUT2D eigenvalue weighted by Gasteiger charge is 2.36. The van der Waals surface area contributed by atoms with Gasteiger partial charge in [0.2, 0.25) is 0 Å². The van der Waals surface area contributed by atoms with Crippen molar-refractivity contribution in [3.05, 3.63) is 83.4 Å². The van der Waals surface area contributed by atoms with Crippen LogP contribution in [-0.2, 0) is 50.3 Å². The van der Waals surface area contributed by atoms with Crippen LogP contribution in [0.5, 0.6) is 0 Å². The standard InChI is InChI=1S/C50H82NO10P/c1-8-10-26-32-45-42(3)43(4)46(60-45)33-28-22-20-21-25-31-37-50(53)59-44(41-58-62(54,55)57-39-38-51(5,6)7)40-56-49(52)36-30-24-19-17-15-13-12-14-16-18-23-29-35-48-47(61-48)34-27-11-9-2/h11,13-16,19,23-24,27,29,44,47-48H,8-10,12,17-18,20-22,25-26,28,30-41H2,1-7H3/p+1/b15-13-,16-14-,24-19-,27-11-,29-23-/t44-,47?,48?/m1/s1. The molecule has 2 heterocycles.